The molecule has 1 aliphatic rings. The SMILES string of the molecule is O=c1[nH]c(C[NH+]2CCc3ccccc3C2)nc2scc(-c3ccccc3Cl)c12. The lowest BCUT2D eigenvalue weighted by atomic mass is 10.00. The molecule has 0 spiro atoms. The van der Waals surface area contributed by atoms with Crippen LogP contribution in [0.3, 0.4) is 0 Å². The molecule has 1 unspecified atom stereocenters. The van der Waals surface area contributed by atoms with E-state index in [4.69, 9.17) is 16.6 Å². The van der Waals surface area contributed by atoms with E-state index in [2.05, 4.69) is 29.2 Å². The molecule has 0 saturated heterocycles. The van der Waals surface area contributed by atoms with Gasteiger partial charge in [-0.3, -0.25) is 4.79 Å². The topological polar surface area (TPSA) is 50.2 Å². The summed E-state index contributed by atoms with van der Waals surface area (Å²) < 4.78 is 0. The minimum Gasteiger partial charge on any atom is -0.325 e. The van der Waals surface area contributed by atoms with Crippen LogP contribution in [-0.2, 0) is 19.5 Å². The Morgan fingerprint density at radius 1 is 1.07 bits per heavy atom. The van der Waals surface area contributed by atoms with Crippen LogP contribution in [0.5, 0.6) is 0 Å². The van der Waals surface area contributed by atoms with Gasteiger partial charge < -0.3 is 9.88 Å². The van der Waals surface area contributed by atoms with Crippen molar-refractivity contribution in [2.45, 2.75) is 19.5 Å². The first kappa shape index (κ1) is 17.6. The van der Waals surface area contributed by atoms with Crippen molar-refractivity contribution in [1.29, 1.82) is 0 Å². The van der Waals surface area contributed by atoms with Crippen molar-refractivity contribution >= 4 is 33.2 Å². The zero-order valence-electron chi connectivity index (χ0n) is 15.2. The predicted octanol–water partition coefficient (Wildman–Crippen LogP) is 3.45. The lowest BCUT2D eigenvalue weighted by molar-refractivity contribution is -0.930. The largest absolute Gasteiger partial charge is 0.325 e. The third-order valence-electron chi connectivity index (χ3n) is 5.38. The van der Waals surface area contributed by atoms with Gasteiger partial charge in [-0.05, 0) is 11.6 Å². The lowest BCUT2D eigenvalue weighted by Gasteiger charge is -2.25. The standard InChI is InChI=1S/C22H18ClN3OS/c23-18-8-4-3-7-16(18)17-13-28-22-20(17)21(27)24-19(25-22)12-26-10-9-14-5-1-2-6-15(14)11-26/h1-8,13H,9-12H2,(H,24,25,27)/p+1. The molecule has 6 heteroatoms. The van der Waals surface area contributed by atoms with Crippen LogP contribution in [0, 0.1) is 0 Å². The highest BCUT2D eigenvalue weighted by atomic mass is 35.5. The Hall–Kier alpha value is -2.47. The summed E-state index contributed by atoms with van der Waals surface area (Å²) in [4.78, 5) is 22.8. The second-order valence-corrected chi connectivity index (χ2v) is 8.46. The van der Waals surface area contributed by atoms with Crippen molar-refractivity contribution in [3.8, 4) is 11.1 Å². The molecule has 140 valence electrons. The number of hydrogen-bond acceptors (Lipinski definition) is 3. The summed E-state index contributed by atoms with van der Waals surface area (Å²) in [7, 11) is 0. The van der Waals surface area contributed by atoms with Gasteiger partial charge in [0, 0.05) is 33.5 Å². The average Bonchev–Trinajstić information content (AvgIpc) is 3.12. The smallest absolute Gasteiger partial charge is 0.260 e. The van der Waals surface area contributed by atoms with Crippen LogP contribution >= 0.6 is 22.9 Å². The second kappa shape index (κ2) is 7.17. The fourth-order valence-corrected chi connectivity index (χ4v) is 5.18. The predicted molar refractivity (Wildman–Crippen MR) is 114 cm³/mol. The highest BCUT2D eigenvalue weighted by Crippen LogP contribution is 2.34. The van der Waals surface area contributed by atoms with Gasteiger partial charge in [0.2, 0.25) is 0 Å². The summed E-state index contributed by atoms with van der Waals surface area (Å²) in [5.74, 6) is 0.749. The van der Waals surface area contributed by atoms with Gasteiger partial charge in [-0.1, -0.05) is 54.1 Å². The molecular formula is C22H19ClN3OS+. The van der Waals surface area contributed by atoms with Crippen molar-refractivity contribution < 1.29 is 4.90 Å². The molecule has 0 aliphatic carbocycles. The summed E-state index contributed by atoms with van der Waals surface area (Å²) in [6.45, 7) is 2.74. The first-order valence-electron chi connectivity index (χ1n) is 9.34. The molecule has 3 heterocycles. The minimum absolute atomic E-state index is 0.0898. The molecule has 1 atom stereocenters. The van der Waals surface area contributed by atoms with Crippen molar-refractivity contribution in [1.82, 2.24) is 9.97 Å². The van der Waals surface area contributed by atoms with Crippen LogP contribution in [0.2, 0.25) is 5.02 Å². The lowest BCUT2D eigenvalue weighted by Crippen LogP contribution is -3.10. The number of H-pyrrole nitrogens is 1. The number of aromatic nitrogens is 2. The molecule has 28 heavy (non-hydrogen) atoms. The first-order chi connectivity index (χ1) is 13.7. The van der Waals surface area contributed by atoms with Crippen LogP contribution in [0.25, 0.3) is 21.3 Å². The first-order valence-corrected chi connectivity index (χ1v) is 10.6. The third-order valence-corrected chi connectivity index (χ3v) is 6.58. The van der Waals surface area contributed by atoms with Gasteiger partial charge in [-0.25, -0.2) is 4.98 Å². The van der Waals surface area contributed by atoms with E-state index in [1.807, 2.05) is 29.6 Å². The van der Waals surface area contributed by atoms with E-state index in [1.54, 1.807) is 0 Å². The fourth-order valence-electron chi connectivity index (χ4n) is 3.99. The molecular weight excluding hydrogens is 390 g/mol. The fraction of sp³-hybridized carbons (Fsp3) is 0.182. The normalized spacial score (nSPS) is 16.2. The molecule has 0 radical (unpaired) electrons. The number of nitrogens with zero attached hydrogens (tertiary/aromatic N) is 1. The van der Waals surface area contributed by atoms with Gasteiger partial charge in [0.1, 0.15) is 17.9 Å². The molecule has 2 aromatic heterocycles. The Balaban J connectivity index is 1.47. The highest BCUT2D eigenvalue weighted by Gasteiger charge is 2.21. The Kier molecular flexibility index (Phi) is 4.51. The average molecular weight is 409 g/mol. The van der Waals surface area contributed by atoms with Crippen molar-refractivity contribution in [2.24, 2.45) is 0 Å². The molecule has 5 rings (SSSR count). The third kappa shape index (κ3) is 3.15. The van der Waals surface area contributed by atoms with E-state index in [9.17, 15) is 4.79 Å². The van der Waals surface area contributed by atoms with Crippen molar-refractivity contribution in [3.63, 3.8) is 0 Å². The molecule has 0 saturated carbocycles. The van der Waals surface area contributed by atoms with Gasteiger partial charge in [0.15, 0.2) is 5.82 Å². The van der Waals surface area contributed by atoms with Gasteiger partial charge in [0.05, 0.1) is 11.9 Å². The van der Waals surface area contributed by atoms with Crippen molar-refractivity contribution in [2.75, 3.05) is 6.54 Å². The molecule has 4 aromatic rings. The Bertz CT molecular complexity index is 1230. The van der Waals surface area contributed by atoms with E-state index in [1.165, 1.54) is 27.4 Å². The Labute approximate surface area is 171 Å². The van der Waals surface area contributed by atoms with E-state index in [0.717, 1.165) is 47.8 Å². The quantitative estimate of drug-likeness (QED) is 0.545. The van der Waals surface area contributed by atoms with Gasteiger partial charge >= 0.3 is 0 Å². The van der Waals surface area contributed by atoms with Crippen LogP contribution in [0.1, 0.15) is 17.0 Å². The summed E-state index contributed by atoms with van der Waals surface area (Å²) in [6.07, 6.45) is 1.06. The van der Waals surface area contributed by atoms with Crippen LogP contribution < -0.4 is 10.5 Å². The molecule has 0 amide bonds. The molecule has 1 aliphatic heterocycles. The minimum atomic E-state index is -0.0898. The summed E-state index contributed by atoms with van der Waals surface area (Å²) in [5, 5.41) is 3.24. The van der Waals surface area contributed by atoms with E-state index >= 15 is 0 Å². The number of quaternary nitrogens is 1. The maximum Gasteiger partial charge on any atom is 0.260 e. The van der Waals surface area contributed by atoms with E-state index in [-0.39, 0.29) is 5.56 Å². The number of aromatic amines is 1. The monoisotopic (exact) mass is 408 g/mol. The van der Waals surface area contributed by atoms with Gasteiger partial charge in [0.25, 0.3) is 5.56 Å². The zero-order chi connectivity index (χ0) is 19.1. The maximum atomic E-state index is 12.9. The molecule has 0 bridgehead atoms. The molecule has 2 aromatic carbocycles. The van der Waals surface area contributed by atoms with Gasteiger partial charge in [-0.15, -0.1) is 11.3 Å². The highest BCUT2D eigenvalue weighted by molar-refractivity contribution is 7.17. The number of rotatable bonds is 3. The van der Waals surface area contributed by atoms with E-state index in [0.29, 0.717) is 10.4 Å². The zero-order valence-corrected chi connectivity index (χ0v) is 16.7. The number of benzene rings is 2. The summed E-state index contributed by atoms with van der Waals surface area (Å²) >= 11 is 7.84. The number of halogens is 1. The Morgan fingerprint density at radius 2 is 1.86 bits per heavy atom. The maximum absolute atomic E-state index is 12.9. The van der Waals surface area contributed by atoms with Crippen LogP contribution in [0.4, 0.5) is 0 Å². The summed E-state index contributed by atoms with van der Waals surface area (Å²) in [5.41, 5.74) is 4.46. The van der Waals surface area contributed by atoms with Crippen LogP contribution in [-0.4, -0.2) is 16.5 Å². The van der Waals surface area contributed by atoms with E-state index < -0.39 is 0 Å². The van der Waals surface area contributed by atoms with Crippen molar-refractivity contribution in [3.05, 3.63) is 86.2 Å². The number of thiophene rings is 1. The number of fused-ring (bicyclic) bond motifs is 2. The molecule has 4 nitrogen and oxygen atoms in total. The number of hydrogen-bond donors (Lipinski definition) is 2. The van der Waals surface area contributed by atoms with Gasteiger partial charge in [-0.2, -0.15) is 0 Å². The number of nitrogens with one attached hydrogen (secondary N) is 2. The van der Waals surface area contributed by atoms with Crippen LogP contribution in [0.15, 0.2) is 58.7 Å². The molecule has 0 fully saturated rings. The molecule has 2 N–H and O–H groups in total. The summed E-state index contributed by atoms with van der Waals surface area (Å²) in [6, 6.07) is 16.2. The second-order valence-electron chi connectivity index (χ2n) is 7.19. The Morgan fingerprint density at radius 3 is 2.71 bits per heavy atom.